The first kappa shape index (κ1) is 13.3. The van der Waals surface area contributed by atoms with E-state index >= 15 is 0 Å². The molecule has 0 fully saturated rings. The molecule has 2 nitrogen and oxygen atoms in total. The molecule has 0 aliphatic heterocycles. The maximum atomic E-state index is 4.70. The predicted octanol–water partition coefficient (Wildman–Crippen LogP) is 4.22. The molecule has 0 N–H and O–H groups in total. The average molecular weight is 262 g/mol. The van der Waals surface area contributed by atoms with Crippen LogP contribution in [0.2, 0.25) is 0 Å². The van der Waals surface area contributed by atoms with Crippen LogP contribution in [0.1, 0.15) is 45.2 Å². The maximum absolute atomic E-state index is 4.70. The highest BCUT2D eigenvalue weighted by molar-refractivity contribution is 7.10. The Hall–Kier alpha value is -1.09. The largest absolute Gasteiger partial charge is 0.267 e. The van der Waals surface area contributed by atoms with E-state index in [1.165, 1.54) is 10.6 Å². The molecule has 0 aliphatic rings. The van der Waals surface area contributed by atoms with E-state index in [0.29, 0.717) is 0 Å². The van der Waals surface area contributed by atoms with Crippen molar-refractivity contribution in [1.29, 1.82) is 0 Å². The molecule has 2 rings (SSSR count). The predicted molar refractivity (Wildman–Crippen MR) is 78.3 cm³/mol. The van der Waals surface area contributed by atoms with Gasteiger partial charge >= 0.3 is 0 Å². The lowest BCUT2D eigenvalue weighted by Gasteiger charge is -2.22. The van der Waals surface area contributed by atoms with Crippen LogP contribution in [-0.4, -0.2) is 9.78 Å². The summed E-state index contributed by atoms with van der Waals surface area (Å²) in [5.74, 6) is 0. The van der Waals surface area contributed by atoms with E-state index in [2.05, 4.69) is 64.4 Å². The van der Waals surface area contributed by atoms with E-state index in [-0.39, 0.29) is 11.0 Å². The molecule has 0 radical (unpaired) electrons. The summed E-state index contributed by atoms with van der Waals surface area (Å²) in [5.41, 5.74) is 1.39. The van der Waals surface area contributed by atoms with Crippen molar-refractivity contribution >= 4 is 11.3 Å². The van der Waals surface area contributed by atoms with Crippen molar-refractivity contribution in [2.24, 2.45) is 0 Å². The van der Waals surface area contributed by atoms with Gasteiger partial charge < -0.3 is 0 Å². The number of thiophene rings is 1. The van der Waals surface area contributed by atoms with E-state index in [1.54, 1.807) is 0 Å². The van der Waals surface area contributed by atoms with Crippen LogP contribution in [0.25, 0.3) is 0 Å². The molecule has 0 aliphatic carbocycles. The Kier molecular flexibility index (Phi) is 3.37. The van der Waals surface area contributed by atoms with E-state index in [4.69, 9.17) is 5.10 Å². The van der Waals surface area contributed by atoms with Crippen molar-refractivity contribution in [2.45, 2.75) is 52.0 Å². The summed E-state index contributed by atoms with van der Waals surface area (Å²) in [6, 6.07) is 6.47. The molecule has 98 valence electrons. The molecule has 0 atom stereocenters. The first-order chi connectivity index (χ1) is 8.29. The standard InChI is InChI=1S/C15H22N2S/c1-14(2,3)17-9-8-12(16-17)11-15(4,5)13-7-6-10-18-13/h6-10H,11H2,1-5H3. The van der Waals surface area contributed by atoms with Gasteiger partial charge in [0.25, 0.3) is 0 Å². The molecule has 2 aromatic rings. The fourth-order valence-electron chi connectivity index (χ4n) is 2.03. The molecule has 2 aromatic heterocycles. The second-order valence-corrected chi connectivity index (χ2v) is 7.41. The molecule has 0 saturated heterocycles. The van der Waals surface area contributed by atoms with Gasteiger partial charge in [-0.3, -0.25) is 4.68 Å². The third-order valence-corrected chi connectivity index (χ3v) is 4.38. The summed E-state index contributed by atoms with van der Waals surface area (Å²) in [4.78, 5) is 1.42. The summed E-state index contributed by atoms with van der Waals surface area (Å²) in [6.45, 7) is 11.1. The second-order valence-electron chi connectivity index (χ2n) is 6.46. The lowest BCUT2D eigenvalue weighted by atomic mass is 9.86. The van der Waals surface area contributed by atoms with Crippen LogP contribution in [0.3, 0.4) is 0 Å². The number of aromatic nitrogens is 2. The Bertz CT molecular complexity index is 501. The molecule has 0 unspecified atom stereocenters. The highest BCUT2D eigenvalue weighted by Gasteiger charge is 2.24. The normalized spacial score (nSPS) is 12.9. The first-order valence-electron chi connectivity index (χ1n) is 6.38. The lowest BCUT2D eigenvalue weighted by molar-refractivity contribution is 0.351. The van der Waals surface area contributed by atoms with E-state index in [0.717, 1.165) is 6.42 Å². The maximum Gasteiger partial charge on any atom is 0.0633 e. The van der Waals surface area contributed by atoms with Crippen LogP contribution in [-0.2, 0) is 17.4 Å². The van der Waals surface area contributed by atoms with Gasteiger partial charge in [-0.15, -0.1) is 11.3 Å². The summed E-state index contributed by atoms with van der Waals surface area (Å²) >= 11 is 1.83. The highest BCUT2D eigenvalue weighted by atomic mass is 32.1. The first-order valence-corrected chi connectivity index (χ1v) is 7.26. The summed E-state index contributed by atoms with van der Waals surface area (Å²) < 4.78 is 2.05. The zero-order chi connectivity index (χ0) is 13.4. The fourth-order valence-corrected chi connectivity index (χ4v) is 2.89. The third kappa shape index (κ3) is 2.83. The van der Waals surface area contributed by atoms with Gasteiger partial charge in [0, 0.05) is 22.9 Å². The molecule has 2 heterocycles. The Balaban J connectivity index is 2.17. The monoisotopic (exact) mass is 262 g/mol. The zero-order valence-corrected chi connectivity index (χ0v) is 12.7. The molecular weight excluding hydrogens is 240 g/mol. The Labute approximate surface area is 114 Å². The van der Waals surface area contributed by atoms with Gasteiger partial charge in [0.05, 0.1) is 11.2 Å². The van der Waals surface area contributed by atoms with Gasteiger partial charge in [-0.2, -0.15) is 5.10 Å². The van der Waals surface area contributed by atoms with Crippen LogP contribution in [0.15, 0.2) is 29.8 Å². The van der Waals surface area contributed by atoms with Crippen molar-refractivity contribution in [1.82, 2.24) is 9.78 Å². The van der Waals surface area contributed by atoms with Crippen LogP contribution in [0, 0.1) is 0 Å². The Morgan fingerprint density at radius 1 is 1.17 bits per heavy atom. The number of hydrogen-bond donors (Lipinski definition) is 0. The SMILES string of the molecule is CC(C)(Cc1ccn(C(C)(C)C)n1)c1cccs1. The summed E-state index contributed by atoms with van der Waals surface area (Å²) in [5, 5.41) is 6.84. The number of rotatable bonds is 3. The van der Waals surface area contributed by atoms with Gasteiger partial charge in [0.15, 0.2) is 0 Å². The van der Waals surface area contributed by atoms with Gasteiger partial charge in [0.1, 0.15) is 0 Å². The zero-order valence-electron chi connectivity index (χ0n) is 11.9. The highest BCUT2D eigenvalue weighted by Crippen LogP contribution is 2.30. The second kappa shape index (κ2) is 4.54. The van der Waals surface area contributed by atoms with Crippen molar-refractivity contribution in [3.8, 4) is 0 Å². The molecule has 0 spiro atoms. The van der Waals surface area contributed by atoms with E-state index in [9.17, 15) is 0 Å². The molecule has 18 heavy (non-hydrogen) atoms. The molecule has 0 aromatic carbocycles. The van der Waals surface area contributed by atoms with Crippen LogP contribution >= 0.6 is 11.3 Å². The third-order valence-electron chi connectivity index (χ3n) is 3.14. The van der Waals surface area contributed by atoms with Crippen molar-refractivity contribution in [3.63, 3.8) is 0 Å². The summed E-state index contributed by atoms with van der Waals surface area (Å²) in [6.07, 6.45) is 3.07. The molecule has 0 amide bonds. The quantitative estimate of drug-likeness (QED) is 0.810. The van der Waals surface area contributed by atoms with Gasteiger partial charge in [0.2, 0.25) is 0 Å². The van der Waals surface area contributed by atoms with Crippen molar-refractivity contribution in [3.05, 3.63) is 40.3 Å². The molecule has 3 heteroatoms. The van der Waals surface area contributed by atoms with Crippen molar-refractivity contribution < 1.29 is 0 Å². The van der Waals surface area contributed by atoms with Crippen LogP contribution in [0.5, 0.6) is 0 Å². The number of hydrogen-bond acceptors (Lipinski definition) is 2. The Morgan fingerprint density at radius 3 is 2.39 bits per heavy atom. The minimum Gasteiger partial charge on any atom is -0.267 e. The number of nitrogens with zero attached hydrogens (tertiary/aromatic N) is 2. The fraction of sp³-hybridized carbons (Fsp3) is 0.533. The lowest BCUT2D eigenvalue weighted by Crippen LogP contribution is -2.23. The minimum absolute atomic E-state index is 0.0608. The minimum atomic E-state index is 0.0608. The average Bonchev–Trinajstić information content (AvgIpc) is 2.83. The van der Waals surface area contributed by atoms with Gasteiger partial charge in [-0.05, 0) is 38.3 Å². The van der Waals surface area contributed by atoms with Crippen molar-refractivity contribution in [2.75, 3.05) is 0 Å². The smallest absolute Gasteiger partial charge is 0.0633 e. The topological polar surface area (TPSA) is 17.8 Å². The van der Waals surface area contributed by atoms with Crippen LogP contribution in [0.4, 0.5) is 0 Å². The molecular formula is C15H22N2S. The van der Waals surface area contributed by atoms with E-state index < -0.39 is 0 Å². The molecule has 0 bridgehead atoms. The molecule has 0 saturated carbocycles. The Morgan fingerprint density at radius 2 is 1.89 bits per heavy atom. The van der Waals surface area contributed by atoms with Gasteiger partial charge in [-0.1, -0.05) is 19.9 Å². The summed E-state index contributed by atoms with van der Waals surface area (Å²) in [7, 11) is 0. The van der Waals surface area contributed by atoms with Crippen LogP contribution < -0.4 is 0 Å². The van der Waals surface area contributed by atoms with E-state index in [1.807, 2.05) is 16.0 Å². The van der Waals surface area contributed by atoms with Gasteiger partial charge in [-0.25, -0.2) is 0 Å².